The van der Waals surface area contributed by atoms with E-state index < -0.39 is 0 Å². The van der Waals surface area contributed by atoms with E-state index in [-0.39, 0.29) is 30.7 Å². The summed E-state index contributed by atoms with van der Waals surface area (Å²) in [7, 11) is 5.35. The average Bonchev–Trinajstić information content (AvgIpc) is 3.88. The topological polar surface area (TPSA) is 135 Å². The minimum atomic E-state index is -0.326. The Morgan fingerprint density at radius 1 is 0.780 bits per heavy atom. The maximum Gasteiger partial charge on any atom is 0.276 e. The van der Waals surface area contributed by atoms with Gasteiger partial charge in [0.1, 0.15) is 29.3 Å². The van der Waals surface area contributed by atoms with Gasteiger partial charge in [0.25, 0.3) is 11.8 Å². The SMILES string of the molecule is CNC(=O)c1[nH]c(-c2cc(C)[n+](CNC(=O)c3[nH]c(-c4cc(C)nn4C)cc3O[C@H](C)c3ccccc3)n2C)cc1O[C@@H](C)c1ccccc1. The second-order valence-corrected chi connectivity index (χ2v) is 12.3. The number of rotatable bonds is 12. The van der Waals surface area contributed by atoms with E-state index in [4.69, 9.17) is 9.47 Å². The molecule has 12 heteroatoms. The predicted octanol–water partition coefficient (Wildman–Crippen LogP) is 5.68. The number of carbonyl (C=O) groups is 2. The molecule has 4 aromatic heterocycles. The third kappa shape index (κ3) is 6.91. The molecule has 0 radical (unpaired) electrons. The predicted molar refractivity (Wildman–Crippen MR) is 190 cm³/mol. The van der Waals surface area contributed by atoms with Crippen molar-refractivity contribution in [2.24, 2.45) is 14.1 Å². The van der Waals surface area contributed by atoms with Gasteiger partial charge in [-0.3, -0.25) is 19.6 Å². The summed E-state index contributed by atoms with van der Waals surface area (Å²) >= 11 is 0. The van der Waals surface area contributed by atoms with Crippen LogP contribution in [0.1, 0.15) is 69.5 Å². The van der Waals surface area contributed by atoms with E-state index in [1.807, 2.05) is 136 Å². The van der Waals surface area contributed by atoms with Crippen molar-refractivity contribution in [2.75, 3.05) is 7.05 Å². The third-order valence-corrected chi connectivity index (χ3v) is 8.80. The van der Waals surface area contributed by atoms with Crippen LogP contribution in [0.2, 0.25) is 0 Å². The Morgan fingerprint density at radius 3 is 1.80 bits per heavy atom. The van der Waals surface area contributed by atoms with Crippen LogP contribution in [0.25, 0.3) is 22.8 Å². The molecule has 258 valence electrons. The van der Waals surface area contributed by atoms with Gasteiger partial charge in [-0.25, -0.2) is 0 Å². The Labute approximate surface area is 291 Å². The summed E-state index contributed by atoms with van der Waals surface area (Å²) in [6.07, 6.45) is -0.574. The van der Waals surface area contributed by atoms with E-state index in [9.17, 15) is 9.59 Å². The number of aromatic amines is 2. The number of nitrogens with one attached hydrogen (secondary N) is 4. The number of aryl methyl sites for hydroxylation is 3. The lowest BCUT2D eigenvalue weighted by molar-refractivity contribution is -0.779. The van der Waals surface area contributed by atoms with Crippen molar-refractivity contribution in [3.05, 3.63) is 119 Å². The fourth-order valence-electron chi connectivity index (χ4n) is 6.07. The number of nitrogens with zero attached hydrogens (tertiary/aromatic N) is 4. The second kappa shape index (κ2) is 14.2. The van der Waals surface area contributed by atoms with Gasteiger partial charge < -0.3 is 24.8 Å². The minimum Gasteiger partial charge on any atom is -0.484 e. The van der Waals surface area contributed by atoms with Gasteiger partial charge >= 0.3 is 0 Å². The first-order valence-corrected chi connectivity index (χ1v) is 16.5. The van der Waals surface area contributed by atoms with Gasteiger partial charge in [0, 0.05) is 39.2 Å². The molecule has 2 aromatic carbocycles. The molecule has 0 unspecified atom stereocenters. The smallest absolute Gasteiger partial charge is 0.276 e. The van der Waals surface area contributed by atoms with Crippen molar-refractivity contribution in [3.63, 3.8) is 0 Å². The van der Waals surface area contributed by atoms with E-state index in [1.165, 1.54) is 0 Å². The van der Waals surface area contributed by atoms with E-state index in [1.54, 1.807) is 11.7 Å². The normalized spacial score (nSPS) is 12.4. The number of hydrogen-bond acceptors (Lipinski definition) is 5. The first-order valence-electron chi connectivity index (χ1n) is 16.5. The Bertz CT molecular complexity index is 2120. The number of carbonyl (C=O) groups excluding carboxylic acids is 2. The fraction of sp³-hybridized carbons (Fsp3) is 0.263. The molecule has 0 aliphatic carbocycles. The minimum absolute atomic E-state index is 0.172. The van der Waals surface area contributed by atoms with Crippen LogP contribution in [0.3, 0.4) is 0 Å². The van der Waals surface area contributed by atoms with Crippen LogP contribution < -0.4 is 24.8 Å². The van der Waals surface area contributed by atoms with Crippen LogP contribution in [0, 0.1) is 13.8 Å². The molecule has 12 nitrogen and oxygen atoms in total. The molecule has 6 aromatic rings. The highest BCUT2D eigenvalue weighted by Gasteiger charge is 2.27. The molecule has 4 heterocycles. The molecular formula is C38H43N8O4+. The number of benzene rings is 2. The van der Waals surface area contributed by atoms with Gasteiger partial charge in [-0.05, 0) is 38.0 Å². The highest BCUT2D eigenvalue weighted by Crippen LogP contribution is 2.33. The van der Waals surface area contributed by atoms with E-state index >= 15 is 0 Å². The van der Waals surface area contributed by atoms with Gasteiger partial charge in [0.2, 0.25) is 12.4 Å². The molecule has 2 atom stereocenters. The highest BCUT2D eigenvalue weighted by molar-refractivity contribution is 5.96. The number of amides is 2. The van der Waals surface area contributed by atoms with E-state index in [0.29, 0.717) is 28.6 Å². The molecular weight excluding hydrogens is 632 g/mol. The van der Waals surface area contributed by atoms with Crippen LogP contribution in [0.15, 0.2) is 84.9 Å². The van der Waals surface area contributed by atoms with Gasteiger partial charge in [-0.2, -0.15) is 9.78 Å². The quantitative estimate of drug-likeness (QED) is 0.124. The molecule has 0 bridgehead atoms. The van der Waals surface area contributed by atoms with E-state index in [0.717, 1.165) is 39.6 Å². The Balaban J connectivity index is 1.25. The van der Waals surface area contributed by atoms with E-state index in [2.05, 4.69) is 25.7 Å². The summed E-state index contributed by atoms with van der Waals surface area (Å²) < 4.78 is 18.3. The maximum atomic E-state index is 13.8. The zero-order chi connectivity index (χ0) is 35.5. The first kappa shape index (κ1) is 33.8. The standard InChI is InChI=1S/C38H42N8O4/c1-23-18-31(44(6)43-23)29-20-34(50-26(4)28-16-12-9-13-17-28)36(41-29)38(48)40-22-46-24(2)19-32(45(46)7)30-21-33(35(42-30)37(47)39-5)49-25(3)27-14-10-8-11-15-27/h8-21,25-26H,22H2,1-7H3,(H3,39,40,41,43,47,48)/p+1/t25-,26+/m0/s1. The molecule has 0 saturated heterocycles. The van der Waals surface area contributed by atoms with Crippen LogP contribution in [0.5, 0.6) is 11.5 Å². The molecule has 0 fully saturated rings. The number of H-pyrrole nitrogens is 2. The number of aromatic nitrogens is 6. The summed E-state index contributed by atoms with van der Waals surface area (Å²) in [5.74, 6) is 0.265. The zero-order valence-electron chi connectivity index (χ0n) is 29.4. The van der Waals surface area contributed by atoms with Crippen molar-refractivity contribution in [2.45, 2.75) is 46.6 Å². The van der Waals surface area contributed by atoms with Crippen LogP contribution >= 0.6 is 0 Å². The second-order valence-electron chi connectivity index (χ2n) is 12.3. The zero-order valence-corrected chi connectivity index (χ0v) is 29.4. The highest BCUT2D eigenvalue weighted by atomic mass is 16.5. The molecule has 4 N–H and O–H groups in total. The summed E-state index contributed by atoms with van der Waals surface area (Å²) in [6, 6.07) is 27.3. The monoisotopic (exact) mass is 675 g/mol. The molecule has 0 saturated carbocycles. The fourth-order valence-corrected chi connectivity index (χ4v) is 6.07. The van der Waals surface area contributed by atoms with Crippen molar-refractivity contribution in [3.8, 4) is 34.3 Å². The molecule has 0 spiro atoms. The molecule has 2 amide bonds. The number of hydrogen-bond donors (Lipinski definition) is 4. The van der Waals surface area contributed by atoms with Crippen LogP contribution in [-0.4, -0.2) is 43.3 Å². The van der Waals surface area contributed by atoms with Crippen molar-refractivity contribution in [1.29, 1.82) is 0 Å². The van der Waals surface area contributed by atoms with Crippen LogP contribution in [-0.2, 0) is 20.8 Å². The molecule has 0 aliphatic rings. The largest absolute Gasteiger partial charge is 0.484 e. The van der Waals surface area contributed by atoms with Crippen molar-refractivity contribution in [1.82, 2.24) is 35.1 Å². The molecule has 50 heavy (non-hydrogen) atoms. The first-order chi connectivity index (χ1) is 24.0. The average molecular weight is 676 g/mol. The Hall–Kier alpha value is -6.04. The Kier molecular flexibility index (Phi) is 9.62. The van der Waals surface area contributed by atoms with Gasteiger partial charge in [0.15, 0.2) is 11.5 Å². The van der Waals surface area contributed by atoms with Gasteiger partial charge in [-0.1, -0.05) is 65.3 Å². The lowest BCUT2D eigenvalue weighted by atomic mass is 10.1. The van der Waals surface area contributed by atoms with Crippen LogP contribution in [0.4, 0.5) is 0 Å². The summed E-state index contributed by atoms with van der Waals surface area (Å²) in [5.41, 5.74) is 7.43. The molecule has 6 rings (SSSR count). The Morgan fingerprint density at radius 2 is 1.30 bits per heavy atom. The summed E-state index contributed by atoms with van der Waals surface area (Å²) in [4.78, 5) is 33.2. The summed E-state index contributed by atoms with van der Waals surface area (Å²) in [5, 5.41) is 10.2. The van der Waals surface area contributed by atoms with Gasteiger partial charge in [-0.15, -0.1) is 0 Å². The molecule has 0 aliphatic heterocycles. The maximum absolute atomic E-state index is 13.8. The number of ether oxygens (including phenoxy) is 2. The van der Waals surface area contributed by atoms with Gasteiger partial charge in [0.05, 0.1) is 29.8 Å². The summed E-state index contributed by atoms with van der Waals surface area (Å²) in [6.45, 7) is 7.96. The lowest BCUT2D eigenvalue weighted by Crippen LogP contribution is -2.51. The third-order valence-electron chi connectivity index (χ3n) is 8.80. The lowest BCUT2D eigenvalue weighted by Gasteiger charge is -2.15. The van der Waals surface area contributed by atoms with Crippen molar-refractivity contribution < 1.29 is 23.7 Å². The van der Waals surface area contributed by atoms with Crippen molar-refractivity contribution >= 4 is 11.8 Å².